The maximum atomic E-state index is 12.2. The third-order valence-corrected chi connectivity index (χ3v) is 4.49. The van der Waals surface area contributed by atoms with Crippen LogP contribution < -0.4 is 5.32 Å². The van der Waals surface area contributed by atoms with Crippen LogP contribution >= 0.6 is 0 Å². The van der Waals surface area contributed by atoms with Crippen molar-refractivity contribution in [3.8, 4) is 0 Å². The first kappa shape index (κ1) is 13.2. The molecule has 3 heteroatoms. The first-order chi connectivity index (χ1) is 9.65. The zero-order valence-electron chi connectivity index (χ0n) is 12.0. The van der Waals surface area contributed by atoms with Crippen LogP contribution in [0.1, 0.15) is 45.4 Å². The van der Waals surface area contributed by atoms with Gasteiger partial charge < -0.3 is 10.3 Å². The monoisotopic (exact) mass is 270 g/mol. The molecular formula is C17H22N2O. The van der Waals surface area contributed by atoms with E-state index in [1.165, 1.54) is 37.5 Å². The number of nitrogens with one attached hydrogen (secondary N) is 2. The number of aromatic amines is 1. The number of hydrogen-bond donors (Lipinski definition) is 2. The fourth-order valence-electron chi connectivity index (χ4n) is 3.30. The summed E-state index contributed by atoms with van der Waals surface area (Å²) >= 11 is 0. The molecule has 106 valence electrons. The van der Waals surface area contributed by atoms with Gasteiger partial charge in [0.25, 0.3) is 0 Å². The number of anilines is 1. The van der Waals surface area contributed by atoms with Gasteiger partial charge in [-0.15, -0.1) is 0 Å². The molecule has 0 spiro atoms. The van der Waals surface area contributed by atoms with Crippen molar-refractivity contribution in [2.45, 2.75) is 45.4 Å². The van der Waals surface area contributed by atoms with Gasteiger partial charge in [0.05, 0.1) is 0 Å². The van der Waals surface area contributed by atoms with E-state index in [2.05, 4.69) is 17.2 Å². The van der Waals surface area contributed by atoms with Gasteiger partial charge in [-0.1, -0.05) is 32.3 Å². The van der Waals surface area contributed by atoms with E-state index >= 15 is 0 Å². The van der Waals surface area contributed by atoms with Crippen molar-refractivity contribution in [3.05, 3.63) is 30.5 Å². The van der Waals surface area contributed by atoms with Gasteiger partial charge >= 0.3 is 0 Å². The fourth-order valence-corrected chi connectivity index (χ4v) is 3.30. The normalized spacial score (nSPS) is 18.1. The van der Waals surface area contributed by atoms with Gasteiger partial charge in [-0.3, -0.25) is 4.79 Å². The van der Waals surface area contributed by atoms with Gasteiger partial charge in [0.2, 0.25) is 5.91 Å². The summed E-state index contributed by atoms with van der Waals surface area (Å²) in [5.74, 6) is 0.139. The predicted molar refractivity (Wildman–Crippen MR) is 82.7 cm³/mol. The van der Waals surface area contributed by atoms with E-state index in [9.17, 15) is 4.79 Å². The van der Waals surface area contributed by atoms with Crippen molar-refractivity contribution < 1.29 is 4.79 Å². The van der Waals surface area contributed by atoms with Crippen LogP contribution in [0.5, 0.6) is 0 Å². The Kier molecular flexibility index (Phi) is 3.51. The van der Waals surface area contributed by atoms with Crippen LogP contribution in [0.4, 0.5) is 5.69 Å². The van der Waals surface area contributed by atoms with Crippen LogP contribution in [0, 0.1) is 5.41 Å². The Labute approximate surface area is 119 Å². The van der Waals surface area contributed by atoms with Crippen molar-refractivity contribution in [2.75, 3.05) is 5.32 Å². The summed E-state index contributed by atoms with van der Waals surface area (Å²) in [4.78, 5) is 15.4. The second-order valence-corrected chi connectivity index (χ2v) is 6.38. The molecule has 1 aliphatic carbocycles. The lowest BCUT2D eigenvalue weighted by Gasteiger charge is -2.32. The molecular weight excluding hydrogens is 248 g/mol. The minimum atomic E-state index is 0.139. The molecule has 0 saturated heterocycles. The molecule has 1 aromatic heterocycles. The summed E-state index contributed by atoms with van der Waals surface area (Å²) in [6.07, 6.45) is 8.75. The summed E-state index contributed by atoms with van der Waals surface area (Å²) in [6, 6.07) is 8.03. The van der Waals surface area contributed by atoms with Crippen LogP contribution in [-0.2, 0) is 4.79 Å². The molecule has 1 fully saturated rings. The lowest BCUT2D eigenvalue weighted by molar-refractivity contribution is -0.118. The number of carbonyl (C=O) groups is 1. The fraction of sp³-hybridized carbons (Fsp3) is 0.471. The van der Waals surface area contributed by atoms with Crippen LogP contribution in [0.25, 0.3) is 10.9 Å². The number of amides is 1. The Bertz CT molecular complexity index is 608. The van der Waals surface area contributed by atoms with Crippen molar-refractivity contribution >= 4 is 22.5 Å². The lowest BCUT2D eigenvalue weighted by Crippen LogP contribution is -2.27. The predicted octanol–water partition coefficient (Wildman–Crippen LogP) is 4.47. The third-order valence-electron chi connectivity index (χ3n) is 4.49. The number of benzene rings is 1. The number of hydrogen-bond acceptors (Lipinski definition) is 1. The molecule has 1 aromatic carbocycles. The largest absolute Gasteiger partial charge is 0.361 e. The number of rotatable bonds is 3. The van der Waals surface area contributed by atoms with E-state index in [4.69, 9.17) is 0 Å². The smallest absolute Gasteiger partial charge is 0.224 e. The first-order valence-electron chi connectivity index (χ1n) is 7.52. The van der Waals surface area contributed by atoms with Gasteiger partial charge in [0.1, 0.15) is 0 Å². The van der Waals surface area contributed by atoms with Crippen LogP contribution in [0.15, 0.2) is 30.5 Å². The highest BCUT2D eigenvalue weighted by atomic mass is 16.1. The van der Waals surface area contributed by atoms with E-state index in [0.717, 1.165) is 11.2 Å². The van der Waals surface area contributed by atoms with Crippen molar-refractivity contribution in [2.24, 2.45) is 5.41 Å². The molecule has 1 aliphatic rings. The van der Waals surface area contributed by atoms with Crippen LogP contribution in [0.2, 0.25) is 0 Å². The molecule has 0 aliphatic heterocycles. The van der Waals surface area contributed by atoms with Gasteiger partial charge in [-0.2, -0.15) is 0 Å². The second-order valence-electron chi connectivity index (χ2n) is 6.38. The number of carbonyl (C=O) groups excluding carboxylic acids is 1. The van der Waals surface area contributed by atoms with E-state index in [1.807, 2.05) is 30.5 Å². The molecule has 3 nitrogen and oxygen atoms in total. The van der Waals surface area contributed by atoms with Crippen LogP contribution in [0.3, 0.4) is 0 Å². The molecule has 1 saturated carbocycles. The molecule has 2 N–H and O–H groups in total. The molecule has 20 heavy (non-hydrogen) atoms. The Morgan fingerprint density at radius 2 is 2.05 bits per heavy atom. The summed E-state index contributed by atoms with van der Waals surface area (Å²) in [5.41, 5.74) is 2.13. The maximum Gasteiger partial charge on any atom is 0.224 e. The molecule has 3 rings (SSSR count). The van der Waals surface area contributed by atoms with E-state index < -0.39 is 0 Å². The Morgan fingerprint density at radius 3 is 2.85 bits per heavy atom. The highest BCUT2D eigenvalue weighted by Gasteiger charge is 2.29. The molecule has 0 unspecified atom stereocenters. The summed E-state index contributed by atoms with van der Waals surface area (Å²) in [5, 5.41) is 4.21. The molecule has 0 atom stereocenters. The lowest BCUT2D eigenvalue weighted by atomic mass is 9.73. The minimum Gasteiger partial charge on any atom is -0.361 e. The highest BCUT2D eigenvalue weighted by molar-refractivity contribution is 5.93. The Balaban J connectivity index is 1.65. The van der Waals surface area contributed by atoms with E-state index in [-0.39, 0.29) is 11.3 Å². The van der Waals surface area contributed by atoms with E-state index in [1.54, 1.807) is 0 Å². The number of aromatic nitrogens is 1. The van der Waals surface area contributed by atoms with Crippen molar-refractivity contribution in [1.82, 2.24) is 4.98 Å². The van der Waals surface area contributed by atoms with E-state index in [0.29, 0.717) is 6.42 Å². The topological polar surface area (TPSA) is 44.9 Å². The molecule has 1 amide bonds. The average Bonchev–Trinajstić information content (AvgIpc) is 2.86. The van der Waals surface area contributed by atoms with Gasteiger partial charge in [0.15, 0.2) is 0 Å². The summed E-state index contributed by atoms with van der Waals surface area (Å²) < 4.78 is 0. The third kappa shape index (κ3) is 2.87. The zero-order valence-corrected chi connectivity index (χ0v) is 12.0. The Morgan fingerprint density at radius 1 is 1.25 bits per heavy atom. The van der Waals surface area contributed by atoms with Crippen molar-refractivity contribution in [3.63, 3.8) is 0 Å². The second kappa shape index (κ2) is 5.31. The Hall–Kier alpha value is -1.77. The highest BCUT2D eigenvalue weighted by Crippen LogP contribution is 2.38. The molecule has 2 aromatic rings. The number of H-pyrrole nitrogens is 1. The zero-order chi connectivity index (χ0) is 14.0. The standard InChI is InChI=1S/C17H22N2O/c1-17(8-3-2-4-9-17)12-16(20)19-14-6-5-13-7-10-18-15(13)11-14/h5-7,10-11,18H,2-4,8-9,12H2,1H3,(H,19,20). The molecule has 0 radical (unpaired) electrons. The van der Waals surface area contributed by atoms with Gasteiger partial charge in [0, 0.05) is 23.8 Å². The minimum absolute atomic E-state index is 0.139. The average molecular weight is 270 g/mol. The first-order valence-corrected chi connectivity index (χ1v) is 7.52. The maximum absolute atomic E-state index is 12.2. The van der Waals surface area contributed by atoms with Gasteiger partial charge in [-0.05, 0) is 41.8 Å². The summed E-state index contributed by atoms with van der Waals surface area (Å²) in [6.45, 7) is 2.25. The quantitative estimate of drug-likeness (QED) is 0.849. The van der Waals surface area contributed by atoms with Gasteiger partial charge in [-0.25, -0.2) is 0 Å². The van der Waals surface area contributed by atoms with Crippen molar-refractivity contribution in [1.29, 1.82) is 0 Å². The number of fused-ring (bicyclic) bond motifs is 1. The molecule has 0 bridgehead atoms. The van der Waals surface area contributed by atoms with Crippen LogP contribution in [-0.4, -0.2) is 10.9 Å². The molecule has 1 heterocycles. The SMILES string of the molecule is CC1(CC(=O)Nc2ccc3cc[nH]c3c2)CCCCC1. The summed E-state index contributed by atoms with van der Waals surface area (Å²) in [7, 11) is 0.